The summed E-state index contributed by atoms with van der Waals surface area (Å²) in [6.45, 7) is 4.61. The summed E-state index contributed by atoms with van der Waals surface area (Å²) in [7, 11) is 0. The number of fused-ring (bicyclic) bond motifs is 1. The van der Waals surface area contributed by atoms with Crippen LogP contribution in [0.3, 0.4) is 0 Å². The minimum atomic E-state index is 0.599. The highest BCUT2D eigenvalue weighted by molar-refractivity contribution is 5.27. The van der Waals surface area contributed by atoms with Crippen LogP contribution in [0.15, 0.2) is 24.3 Å². The van der Waals surface area contributed by atoms with Gasteiger partial charge in [0, 0.05) is 12.1 Å². The molecule has 1 aromatic carbocycles. The van der Waals surface area contributed by atoms with Gasteiger partial charge in [0.05, 0.1) is 0 Å². The fraction of sp³-hybridized carbons (Fsp3) is 0.684. The fourth-order valence-electron chi connectivity index (χ4n) is 4.17. The zero-order valence-electron chi connectivity index (χ0n) is 13.1. The molecule has 1 nitrogen and oxygen atoms in total. The Labute approximate surface area is 124 Å². The lowest BCUT2D eigenvalue weighted by Gasteiger charge is -2.40. The second-order valence-corrected chi connectivity index (χ2v) is 7.29. The maximum absolute atomic E-state index is 3.95. The molecule has 0 spiro atoms. The maximum atomic E-state index is 3.95. The van der Waals surface area contributed by atoms with E-state index in [2.05, 4.69) is 43.4 Å². The zero-order chi connectivity index (χ0) is 13.9. The molecular weight excluding hydrogens is 242 g/mol. The zero-order valence-corrected chi connectivity index (χ0v) is 13.1. The van der Waals surface area contributed by atoms with Crippen molar-refractivity contribution in [3.05, 3.63) is 35.4 Å². The van der Waals surface area contributed by atoms with E-state index < -0.39 is 0 Å². The van der Waals surface area contributed by atoms with Crippen molar-refractivity contribution in [2.75, 3.05) is 0 Å². The van der Waals surface area contributed by atoms with Crippen LogP contribution in [-0.2, 0) is 6.42 Å². The Balaban J connectivity index is 1.69. The molecule has 0 aromatic heterocycles. The van der Waals surface area contributed by atoms with Crippen LogP contribution in [0, 0.1) is 11.8 Å². The maximum Gasteiger partial charge on any atom is 0.0322 e. The largest absolute Gasteiger partial charge is 0.307 e. The van der Waals surface area contributed by atoms with E-state index in [1.54, 1.807) is 0 Å². The molecule has 3 atom stereocenters. The molecule has 1 N–H and O–H groups in total. The van der Waals surface area contributed by atoms with Gasteiger partial charge < -0.3 is 5.32 Å². The predicted octanol–water partition coefficient (Wildman–Crippen LogP) is 4.87. The molecule has 1 aromatic rings. The summed E-state index contributed by atoms with van der Waals surface area (Å²) in [4.78, 5) is 0. The number of nitrogens with one attached hydrogen (secondary N) is 1. The first kappa shape index (κ1) is 14.1. The Morgan fingerprint density at radius 3 is 2.80 bits per heavy atom. The van der Waals surface area contributed by atoms with Gasteiger partial charge in [-0.1, -0.05) is 51.0 Å². The van der Waals surface area contributed by atoms with Gasteiger partial charge in [0.25, 0.3) is 0 Å². The van der Waals surface area contributed by atoms with Crippen LogP contribution in [0.5, 0.6) is 0 Å². The molecule has 0 amide bonds. The Morgan fingerprint density at radius 1 is 1.10 bits per heavy atom. The molecule has 2 fully saturated rings. The Bertz CT molecular complexity index is 437. The summed E-state index contributed by atoms with van der Waals surface area (Å²) in [6, 6.07) is 10.7. The number of hydrogen-bond acceptors (Lipinski definition) is 1. The van der Waals surface area contributed by atoms with E-state index in [0.717, 1.165) is 17.9 Å². The minimum Gasteiger partial charge on any atom is -0.307 e. The van der Waals surface area contributed by atoms with Gasteiger partial charge >= 0.3 is 0 Å². The number of piperidine rings is 1. The van der Waals surface area contributed by atoms with E-state index in [0.29, 0.717) is 6.04 Å². The smallest absolute Gasteiger partial charge is 0.0322 e. The lowest BCUT2D eigenvalue weighted by Crippen LogP contribution is -2.44. The third-order valence-corrected chi connectivity index (χ3v) is 5.15. The Hall–Kier alpha value is -0.820. The van der Waals surface area contributed by atoms with Gasteiger partial charge in [-0.2, -0.15) is 0 Å². The Morgan fingerprint density at radius 2 is 1.95 bits per heavy atom. The molecule has 1 saturated heterocycles. The summed E-state index contributed by atoms with van der Waals surface area (Å²) in [5.74, 6) is 1.70. The highest BCUT2D eigenvalue weighted by atomic mass is 15.0. The average Bonchev–Trinajstić information content (AvgIpc) is 2.46. The first-order valence-electron chi connectivity index (χ1n) is 8.57. The Kier molecular flexibility index (Phi) is 4.45. The van der Waals surface area contributed by atoms with Gasteiger partial charge in [-0.15, -0.1) is 0 Å². The summed E-state index contributed by atoms with van der Waals surface area (Å²) in [5, 5.41) is 3.95. The van der Waals surface area contributed by atoms with Crippen molar-refractivity contribution in [3.8, 4) is 0 Å². The molecule has 1 saturated carbocycles. The van der Waals surface area contributed by atoms with Crippen molar-refractivity contribution in [3.63, 3.8) is 0 Å². The van der Waals surface area contributed by atoms with Crippen molar-refractivity contribution in [1.82, 2.24) is 5.32 Å². The number of benzene rings is 1. The third-order valence-electron chi connectivity index (χ3n) is 5.15. The highest BCUT2D eigenvalue weighted by Crippen LogP contribution is 2.36. The average molecular weight is 271 g/mol. The van der Waals surface area contributed by atoms with Crippen LogP contribution >= 0.6 is 0 Å². The van der Waals surface area contributed by atoms with Crippen LogP contribution < -0.4 is 5.32 Å². The van der Waals surface area contributed by atoms with Crippen molar-refractivity contribution < 1.29 is 0 Å². The topological polar surface area (TPSA) is 12.0 Å². The first-order valence-corrected chi connectivity index (χ1v) is 8.57. The van der Waals surface area contributed by atoms with Gasteiger partial charge in [0.15, 0.2) is 0 Å². The second-order valence-electron chi connectivity index (χ2n) is 7.29. The molecule has 0 radical (unpaired) electrons. The van der Waals surface area contributed by atoms with Gasteiger partial charge in [-0.05, 0) is 55.1 Å². The minimum absolute atomic E-state index is 0.599. The van der Waals surface area contributed by atoms with E-state index in [4.69, 9.17) is 0 Å². The molecule has 0 bridgehead atoms. The van der Waals surface area contributed by atoms with Crippen molar-refractivity contribution >= 4 is 0 Å². The van der Waals surface area contributed by atoms with Gasteiger partial charge in [0.1, 0.15) is 0 Å². The summed E-state index contributed by atoms with van der Waals surface area (Å²) >= 11 is 0. The van der Waals surface area contributed by atoms with Crippen molar-refractivity contribution in [2.24, 2.45) is 11.8 Å². The van der Waals surface area contributed by atoms with Gasteiger partial charge in [-0.3, -0.25) is 0 Å². The lowest BCUT2D eigenvalue weighted by molar-refractivity contribution is 0.177. The molecule has 1 heteroatoms. The molecule has 2 aliphatic rings. The molecule has 20 heavy (non-hydrogen) atoms. The van der Waals surface area contributed by atoms with Crippen molar-refractivity contribution in [1.29, 1.82) is 0 Å². The standard InChI is InChI=1S/C19H29N/c1-14(2)12-15-6-5-8-17(13-15)19-11-10-16-7-3-4-9-18(16)20-19/h5-6,8,13-14,16,18-20H,3-4,7,9-12H2,1-2H3. The van der Waals surface area contributed by atoms with Gasteiger partial charge in [-0.25, -0.2) is 0 Å². The molecule has 3 unspecified atom stereocenters. The van der Waals surface area contributed by atoms with Crippen LogP contribution in [-0.4, -0.2) is 6.04 Å². The molecular formula is C19H29N. The molecule has 3 rings (SSSR count). The third kappa shape index (κ3) is 3.25. The number of hydrogen-bond donors (Lipinski definition) is 1. The lowest BCUT2D eigenvalue weighted by atomic mass is 9.76. The van der Waals surface area contributed by atoms with Crippen LogP contribution in [0.1, 0.15) is 69.5 Å². The normalized spacial score (nSPS) is 30.2. The van der Waals surface area contributed by atoms with E-state index >= 15 is 0 Å². The van der Waals surface area contributed by atoms with E-state index in [9.17, 15) is 0 Å². The van der Waals surface area contributed by atoms with Crippen LogP contribution in [0.25, 0.3) is 0 Å². The first-order chi connectivity index (χ1) is 9.72. The fourth-order valence-corrected chi connectivity index (χ4v) is 4.17. The summed E-state index contributed by atoms with van der Waals surface area (Å²) in [6.07, 6.45) is 9.69. The molecule has 1 heterocycles. The quantitative estimate of drug-likeness (QED) is 0.827. The van der Waals surface area contributed by atoms with Crippen LogP contribution in [0.4, 0.5) is 0 Å². The van der Waals surface area contributed by atoms with Gasteiger partial charge in [0.2, 0.25) is 0 Å². The molecule has 1 aliphatic heterocycles. The predicted molar refractivity (Wildman–Crippen MR) is 85.8 cm³/mol. The molecule has 1 aliphatic carbocycles. The highest BCUT2D eigenvalue weighted by Gasteiger charge is 2.32. The second kappa shape index (κ2) is 6.30. The van der Waals surface area contributed by atoms with E-state index in [1.807, 2.05) is 0 Å². The van der Waals surface area contributed by atoms with Crippen LogP contribution in [0.2, 0.25) is 0 Å². The van der Waals surface area contributed by atoms with E-state index in [1.165, 1.54) is 56.1 Å². The monoisotopic (exact) mass is 271 g/mol. The SMILES string of the molecule is CC(C)Cc1cccc(C2CCC3CCCCC3N2)c1. The molecule has 110 valence electrons. The van der Waals surface area contributed by atoms with E-state index in [-0.39, 0.29) is 0 Å². The summed E-state index contributed by atoms with van der Waals surface area (Å²) in [5.41, 5.74) is 3.03. The summed E-state index contributed by atoms with van der Waals surface area (Å²) < 4.78 is 0. The number of rotatable bonds is 3. The van der Waals surface area contributed by atoms with Crippen molar-refractivity contribution in [2.45, 2.75) is 70.9 Å².